The number of hydrogen-bond acceptors (Lipinski definition) is 5. The van der Waals surface area contributed by atoms with Crippen molar-refractivity contribution in [3.63, 3.8) is 0 Å². The maximum Gasteiger partial charge on any atom is 0.315 e. The molecular weight excluding hydrogens is 449 g/mol. The molecule has 0 aromatic rings. The van der Waals surface area contributed by atoms with Crippen molar-refractivity contribution in [3.8, 4) is 0 Å². The molecule has 0 aromatic carbocycles. The first kappa shape index (κ1) is 16.5. The Morgan fingerprint density at radius 1 is 0.933 bits per heavy atom. The van der Waals surface area contributed by atoms with Crippen molar-refractivity contribution in [1.29, 1.82) is 0 Å². The minimum absolute atomic E-state index is 0.348. The molecule has 0 aliphatic heterocycles. The minimum atomic E-state index is -2.42. The molecule has 0 N–H and O–H groups in total. The van der Waals surface area contributed by atoms with E-state index in [9.17, 15) is 4.57 Å². The lowest BCUT2D eigenvalue weighted by atomic mass is 10.7. The zero-order chi connectivity index (χ0) is 11.6. The van der Waals surface area contributed by atoms with Crippen molar-refractivity contribution in [1.82, 2.24) is 0 Å². The van der Waals surface area contributed by atoms with E-state index in [-0.39, 0.29) is 0 Å². The van der Waals surface area contributed by atoms with Gasteiger partial charge in [-0.25, -0.2) is 0 Å². The molecule has 0 aliphatic rings. The third kappa shape index (κ3) is 15.5. The molecule has 0 aromatic heterocycles. The first-order valence-electron chi connectivity index (χ1n) is 4.34. The monoisotopic (exact) mass is 464 g/mol. The van der Waals surface area contributed by atoms with Crippen LogP contribution in [0.2, 0.25) is 0 Å². The largest absolute Gasteiger partial charge is 0.382 e. The number of rotatable bonds is 10. The maximum absolute atomic E-state index is 11.1. The van der Waals surface area contributed by atoms with Gasteiger partial charge in [0.25, 0.3) is 0 Å². The van der Waals surface area contributed by atoms with Gasteiger partial charge in [-0.3, -0.25) is 4.57 Å². The van der Waals surface area contributed by atoms with Crippen molar-refractivity contribution in [3.05, 3.63) is 0 Å². The molecule has 0 rings (SSSR count). The van der Waals surface area contributed by atoms with E-state index < -0.39 is 2.65 Å². The van der Waals surface area contributed by atoms with E-state index in [1.165, 1.54) is 0 Å². The van der Waals surface area contributed by atoms with Gasteiger partial charge in [0.05, 0.1) is 39.6 Å². The van der Waals surface area contributed by atoms with Gasteiger partial charge in [0.2, 0.25) is 0 Å². The van der Waals surface area contributed by atoms with Crippen LogP contribution in [-0.4, -0.2) is 46.8 Å². The third-order valence-electron chi connectivity index (χ3n) is 1.27. The van der Waals surface area contributed by atoms with Crippen LogP contribution in [0.1, 0.15) is 0 Å². The molecule has 8 heteroatoms. The van der Waals surface area contributed by atoms with Crippen LogP contribution in [0.25, 0.3) is 0 Å². The Kier molecular flexibility index (Phi) is 11.8. The van der Waals surface area contributed by atoms with Gasteiger partial charge in [0.1, 0.15) is 0 Å². The normalized spacial score (nSPS) is 11.9. The summed E-state index contributed by atoms with van der Waals surface area (Å²) in [5.41, 5.74) is 0. The molecule has 0 atom stereocenters. The van der Waals surface area contributed by atoms with E-state index in [1.807, 2.05) is 0 Å². The standard InChI is InChI=1S/C7H15I2O5P/c1-11-2-3-12-4-5-13-6-7-14-15(8,9)10/h2-7H2,1H3. The predicted octanol–water partition coefficient (Wildman–Crippen LogP) is 2.66. The van der Waals surface area contributed by atoms with Crippen molar-refractivity contribution >= 4 is 46.7 Å². The van der Waals surface area contributed by atoms with Crippen LogP contribution in [0, 0.1) is 0 Å². The van der Waals surface area contributed by atoms with Gasteiger partial charge < -0.3 is 18.7 Å². The Hall–Kier alpha value is 1.53. The highest BCUT2D eigenvalue weighted by atomic mass is 127. The maximum atomic E-state index is 11.1. The summed E-state index contributed by atoms with van der Waals surface area (Å²) in [5.74, 6) is 0. The molecule has 0 unspecified atom stereocenters. The van der Waals surface area contributed by atoms with Gasteiger partial charge in [0, 0.05) is 51.2 Å². The van der Waals surface area contributed by atoms with Crippen LogP contribution >= 0.6 is 46.7 Å². The topological polar surface area (TPSA) is 54.0 Å². The highest BCUT2D eigenvalue weighted by Crippen LogP contribution is 2.63. The second-order valence-corrected chi connectivity index (χ2v) is 16.7. The van der Waals surface area contributed by atoms with E-state index in [0.717, 1.165) is 0 Å². The molecule has 0 saturated carbocycles. The average molecular weight is 464 g/mol. The van der Waals surface area contributed by atoms with Crippen LogP contribution in [0.15, 0.2) is 0 Å². The summed E-state index contributed by atoms with van der Waals surface area (Å²) in [6.45, 7) is 3.00. The molecule has 92 valence electrons. The van der Waals surface area contributed by atoms with Crippen molar-refractivity contribution < 1.29 is 23.3 Å². The Morgan fingerprint density at radius 3 is 1.87 bits per heavy atom. The zero-order valence-corrected chi connectivity index (χ0v) is 13.7. The van der Waals surface area contributed by atoms with Gasteiger partial charge in [-0.2, -0.15) is 0 Å². The third-order valence-corrected chi connectivity index (χ3v) is 3.43. The van der Waals surface area contributed by atoms with E-state index in [4.69, 9.17) is 18.7 Å². The molecule has 0 saturated heterocycles. The lowest BCUT2D eigenvalue weighted by Gasteiger charge is -2.06. The highest BCUT2D eigenvalue weighted by Gasteiger charge is 2.10. The van der Waals surface area contributed by atoms with E-state index in [0.29, 0.717) is 39.6 Å². The van der Waals surface area contributed by atoms with Crippen molar-refractivity contribution in [2.24, 2.45) is 0 Å². The molecular formula is C7H15I2O5P. The first-order chi connectivity index (χ1) is 7.06. The molecule has 0 bridgehead atoms. The fraction of sp³-hybridized carbons (Fsp3) is 1.00. The molecule has 0 radical (unpaired) electrons. The van der Waals surface area contributed by atoms with Crippen LogP contribution in [0.3, 0.4) is 0 Å². The number of hydrogen-bond donors (Lipinski definition) is 0. The molecule has 5 nitrogen and oxygen atoms in total. The molecule has 0 fully saturated rings. The number of halogens is 2. The van der Waals surface area contributed by atoms with E-state index in [2.05, 4.69) is 0 Å². The van der Waals surface area contributed by atoms with Gasteiger partial charge in [-0.15, -0.1) is 0 Å². The fourth-order valence-corrected chi connectivity index (χ4v) is 2.14. The van der Waals surface area contributed by atoms with Crippen LogP contribution < -0.4 is 0 Å². The zero-order valence-electron chi connectivity index (χ0n) is 8.49. The van der Waals surface area contributed by atoms with Crippen molar-refractivity contribution in [2.75, 3.05) is 46.8 Å². The summed E-state index contributed by atoms with van der Waals surface area (Å²) in [6, 6.07) is 0. The number of ether oxygens (including phenoxy) is 3. The molecule has 15 heavy (non-hydrogen) atoms. The lowest BCUT2D eigenvalue weighted by molar-refractivity contribution is 0.0187. The quantitative estimate of drug-likeness (QED) is 0.283. The first-order valence-corrected chi connectivity index (χ1v) is 11.5. The minimum Gasteiger partial charge on any atom is -0.382 e. The SMILES string of the molecule is COCCOCCOCCOP(=O)(I)I. The Balaban J connectivity index is 3.02. The van der Waals surface area contributed by atoms with Crippen LogP contribution in [0.5, 0.6) is 0 Å². The highest BCUT2D eigenvalue weighted by molar-refractivity contribution is 14.3. The smallest absolute Gasteiger partial charge is 0.315 e. The summed E-state index contributed by atoms with van der Waals surface area (Å²) < 4.78 is 28.8. The summed E-state index contributed by atoms with van der Waals surface area (Å²) in [7, 11) is 1.63. The Labute approximate surface area is 116 Å². The lowest BCUT2D eigenvalue weighted by Crippen LogP contribution is -2.10. The summed E-state index contributed by atoms with van der Waals surface area (Å²) >= 11 is 3.57. The van der Waals surface area contributed by atoms with Gasteiger partial charge in [0.15, 0.2) is 0 Å². The van der Waals surface area contributed by atoms with Gasteiger partial charge in [-0.1, -0.05) is 0 Å². The molecule has 0 amide bonds. The second kappa shape index (κ2) is 10.7. The van der Waals surface area contributed by atoms with Gasteiger partial charge in [-0.05, 0) is 0 Å². The summed E-state index contributed by atoms with van der Waals surface area (Å²) in [5, 5.41) is 0. The molecule has 0 heterocycles. The fourth-order valence-electron chi connectivity index (χ4n) is 0.667. The second-order valence-electron chi connectivity index (χ2n) is 2.47. The van der Waals surface area contributed by atoms with Crippen LogP contribution in [-0.2, 0) is 23.3 Å². The number of methoxy groups -OCH3 is 1. The molecule has 0 aliphatic carbocycles. The Bertz CT molecular complexity index is 186. The van der Waals surface area contributed by atoms with Gasteiger partial charge >= 0.3 is 2.65 Å². The average Bonchev–Trinajstić information content (AvgIpc) is 2.14. The van der Waals surface area contributed by atoms with Crippen molar-refractivity contribution in [2.45, 2.75) is 0 Å². The predicted molar refractivity (Wildman–Crippen MR) is 75.1 cm³/mol. The summed E-state index contributed by atoms with van der Waals surface area (Å²) in [4.78, 5) is 0. The Morgan fingerprint density at radius 2 is 1.40 bits per heavy atom. The molecule has 0 spiro atoms. The van der Waals surface area contributed by atoms with E-state index >= 15 is 0 Å². The van der Waals surface area contributed by atoms with E-state index in [1.54, 1.807) is 51.2 Å². The van der Waals surface area contributed by atoms with Crippen LogP contribution in [0.4, 0.5) is 0 Å². The summed E-state index contributed by atoms with van der Waals surface area (Å²) in [6.07, 6.45) is 0.